The van der Waals surface area contributed by atoms with Crippen LogP contribution in [0.2, 0.25) is 5.02 Å². The van der Waals surface area contributed by atoms with E-state index < -0.39 is 5.97 Å². The molecule has 0 aromatic heterocycles. The zero-order chi connectivity index (χ0) is 17.6. The standard InChI is InChI=1S/C21H21ClO3/c22-20-13-18(11-9-16(20)10-12-21(23)24)25-14-17-7-4-8-19(17)15-5-2-1-3-6-15/h1-3,5-6,9,11,13H,4,7-8,10,12,14H2,(H,23,24). The summed E-state index contributed by atoms with van der Waals surface area (Å²) in [5, 5.41) is 9.33. The highest BCUT2D eigenvalue weighted by atomic mass is 35.5. The number of carboxylic acids is 1. The lowest BCUT2D eigenvalue weighted by Crippen LogP contribution is -2.02. The number of halogens is 1. The fourth-order valence-corrected chi connectivity index (χ4v) is 3.45. The van der Waals surface area contributed by atoms with E-state index in [4.69, 9.17) is 21.4 Å². The predicted octanol–water partition coefficient (Wildman–Crippen LogP) is 5.37. The van der Waals surface area contributed by atoms with Crippen LogP contribution in [-0.2, 0) is 11.2 Å². The van der Waals surface area contributed by atoms with Gasteiger partial charge in [-0.15, -0.1) is 0 Å². The van der Waals surface area contributed by atoms with E-state index in [0.29, 0.717) is 18.1 Å². The number of allylic oxidation sites excluding steroid dienone is 1. The first-order valence-corrected chi connectivity index (χ1v) is 8.90. The summed E-state index contributed by atoms with van der Waals surface area (Å²) >= 11 is 6.25. The smallest absolute Gasteiger partial charge is 0.303 e. The van der Waals surface area contributed by atoms with Gasteiger partial charge in [-0.25, -0.2) is 0 Å². The molecule has 3 rings (SSSR count). The fourth-order valence-electron chi connectivity index (χ4n) is 3.19. The van der Waals surface area contributed by atoms with Crippen LogP contribution in [0.1, 0.15) is 36.8 Å². The van der Waals surface area contributed by atoms with Crippen LogP contribution in [0.15, 0.2) is 54.1 Å². The molecule has 0 radical (unpaired) electrons. The fraction of sp³-hybridized carbons (Fsp3) is 0.286. The molecule has 25 heavy (non-hydrogen) atoms. The molecule has 0 unspecified atom stereocenters. The number of ether oxygens (including phenoxy) is 1. The van der Waals surface area contributed by atoms with E-state index >= 15 is 0 Å². The van der Waals surface area contributed by atoms with Gasteiger partial charge in [0, 0.05) is 11.4 Å². The first-order valence-electron chi connectivity index (χ1n) is 8.53. The molecule has 0 bridgehead atoms. The largest absolute Gasteiger partial charge is 0.489 e. The number of aliphatic carboxylic acids is 1. The molecule has 2 aromatic carbocycles. The molecule has 0 fully saturated rings. The molecule has 0 saturated carbocycles. The summed E-state index contributed by atoms with van der Waals surface area (Å²) in [5.41, 5.74) is 4.85. The Morgan fingerprint density at radius 1 is 1.12 bits per heavy atom. The Bertz CT molecular complexity index is 781. The Hall–Kier alpha value is -2.26. The quantitative estimate of drug-likeness (QED) is 0.725. The number of carboxylic acid groups (broad SMARTS) is 1. The van der Waals surface area contributed by atoms with Crippen molar-refractivity contribution in [3.8, 4) is 5.75 Å². The zero-order valence-electron chi connectivity index (χ0n) is 14.0. The molecule has 3 nitrogen and oxygen atoms in total. The monoisotopic (exact) mass is 356 g/mol. The lowest BCUT2D eigenvalue weighted by Gasteiger charge is -2.12. The maximum absolute atomic E-state index is 10.7. The van der Waals surface area contributed by atoms with E-state index in [0.717, 1.165) is 30.6 Å². The van der Waals surface area contributed by atoms with E-state index in [1.165, 1.54) is 16.7 Å². The van der Waals surface area contributed by atoms with E-state index in [-0.39, 0.29) is 6.42 Å². The van der Waals surface area contributed by atoms with E-state index in [1.54, 1.807) is 6.07 Å². The molecule has 0 amide bonds. The van der Waals surface area contributed by atoms with Crippen molar-refractivity contribution in [3.05, 3.63) is 70.3 Å². The Balaban J connectivity index is 1.67. The van der Waals surface area contributed by atoms with E-state index in [9.17, 15) is 4.79 Å². The average molecular weight is 357 g/mol. The van der Waals surface area contributed by atoms with Crippen LogP contribution in [0.25, 0.3) is 5.57 Å². The number of rotatable bonds is 7. The van der Waals surface area contributed by atoms with Gasteiger partial charge in [0.1, 0.15) is 12.4 Å². The Labute approximate surface area is 152 Å². The van der Waals surface area contributed by atoms with Gasteiger partial charge in [0.05, 0.1) is 0 Å². The third-order valence-electron chi connectivity index (χ3n) is 4.50. The van der Waals surface area contributed by atoms with Crippen molar-refractivity contribution < 1.29 is 14.6 Å². The van der Waals surface area contributed by atoms with Gasteiger partial charge in [-0.1, -0.05) is 48.0 Å². The molecule has 2 aromatic rings. The van der Waals surface area contributed by atoms with Crippen LogP contribution in [0, 0.1) is 0 Å². The van der Waals surface area contributed by atoms with E-state index in [2.05, 4.69) is 24.3 Å². The van der Waals surface area contributed by atoms with Gasteiger partial charge in [0.25, 0.3) is 0 Å². The van der Waals surface area contributed by atoms with Crippen molar-refractivity contribution in [2.45, 2.75) is 32.1 Å². The lowest BCUT2D eigenvalue weighted by molar-refractivity contribution is -0.136. The first kappa shape index (κ1) is 17.6. The molecule has 0 saturated heterocycles. The molecule has 1 aliphatic carbocycles. The summed E-state index contributed by atoms with van der Waals surface area (Å²) in [5.74, 6) is -0.103. The third kappa shape index (κ3) is 4.64. The van der Waals surface area contributed by atoms with Crippen LogP contribution in [-0.4, -0.2) is 17.7 Å². The van der Waals surface area contributed by atoms with Gasteiger partial charge in [-0.3, -0.25) is 4.79 Å². The first-order chi connectivity index (χ1) is 12.1. The van der Waals surface area contributed by atoms with Crippen LogP contribution in [0.4, 0.5) is 0 Å². The van der Waals surface area contributed by atoms with Crippen molar-refractivity contribution in [1.82, 2.24) is 0 Å². The van der Waals surface area contributed by atoms with Crippen molar-refractivity contribution in [2.24, 2.45) is 0 Å². The number of carbonyl (C=O) groups is 1. The van der Waals surface area contributed by atoms with Crippen molar-refractivity contribution in [3.63, 3.8) is 0 Å². The number of aryl methyl sites for hydroxylation is 1. The molecular formula is C21H21ClO3. The summed E-state index contributed by atoms with van der Waals surface area (Å²) in [6.07, 6.45) is 3.83. The number of hydrogen-bond donors (Lipinski definition) is 1. The molecule has 0 spiro atoms. The number of benzene rings is 2. The van der Waals surface area contributed by atoms with Gasteiger partial charge in [-0.2, -0.15) is 0 Å². The minimum Gasteiger partial charge on any atom is -0.489 e. The van der Waals surface area contributed by atoms with Gasteiger partial charge in [0.2, 0.25) is 0 Å². The third-order valence-corrected chi connectivity index (χ3v) is 4.85. The Kier molecular flexibility index (Phi) is 5.77. The second-order valence-corrected chi connectivity index (χ2v) is 6.64. The van der Waals surface area contributed by atoms with Crippen molar-refractivity contribution in [1.29, 1.82) is 0 Å². The normalized spacial score (nSPS) is 14.0. The number of hydrogen-bond acceptors (Lipinski definition) is 2. The van der Waals surface area contributed by atoms with E-state index in [1.807, 2.05) is 18.2 Å². The van der Waals surface area contributed by atoms with Crippen LogP contribution in [0.5, 0.6) is 5.75 Å². The van der Waals surface area contributed by atoms with Gasteiger partial charge < -0.3 is 9.84 Å². The molecule has 4 heteroatoms. The minimum atomic E-state index is -0.821. The highest BCUT2D eigenvalue weighted by Crippen LogP contribution is 2.34. The second kappa shape index (κ2) is 8.21. The Morgan fingerprint density at radius 2 is 1.92 bits per heavy atom. The van der Waals surface area contributed by atoms with Gasteiger partial charge in [-0.05, 0) is 60.1 Å². The SMILES string of the molecule is O=C(O)CCc1ccc(OCC2=C(c3ccccc3)CCC2)cc1Cl. The summed E-state index contributed by atoms with van der Waals surface area (Å²) in [4.78, 5) is 10.7. The summed E-state index contributed by atoms with van der Waals surface area (Å²) in [7, 11) is 0. The highest BCUT2D eigenvalue weighted by molar-refractivity contribution is 6.31. The maximum Gasteiger partial charge on any atom is 0.303 e. The topological polar surface area (TPSA) is 46.5 Å². The van der Waals surface area contributed by atoms with Crippen LogP contribution < -0.4 is 4.74 Å². The highest BCUT2D eigenvalue weighted by Gasteiger charge is 2.16. The summed E-state index contributed by atoms with van der Waals surface area (Å²) in [6.45, 7) is 0.565. The molecule has 0 aliphatic heterocycles. The molecule has 1 N–H and O–H groups in total. The summed E-state index contributed by atoms with van der Waals surface area (Å²) < 4.78 is 5.94. The molecule has 0 heterocycles. The summed E-state index contributed by atoms with van der Waals surface area (Å²) in [6, 6.07) is 15.9. The zero-order valence-corrected chi connectivity index (χ0v) is 14.8. The van der Waals surface area contributed by atoms with Crippen LogP contribution in [0.3, 0.4) is 0 Å². The predicted molar refractivity (Wildman–Crippen MR) is 100 cm³/mol. The Morgan fingerprint density at radius 3 is 2.64 bits per heavy atom. The minimum absolute atomic E-state index is 0.0766. The van der Waals surface area contributed by atoms with Crippen molar-refractivity contribution in [2.75, 3.05) is 6.61 Å². The molecular weight excluding hydrogens is 336 g/mol. The van der Waals surface area contributed by atoms with Gasteiger partial charge >= 0.3 is 5.97 Å². The van der Waals surface area contributed by atoms with Gasteiger partial charge in [0.15, 0.2) is 0 Å². The maximum atomic E-state index is 10.7. The second-order valence-electron chi connectivity index (χ2n) is 6.24. The molecule has 1 aliphatic rings. The van der Waals surface area contributed by atoms with Crippen molar-refractivity contribution >= 4 is 23.1 Å². The molecule has 0 atom stereocenters. The van der Waals surface area contributed by atoms with Crippen LogP contribution >= 0.6 is 11.6 Å². The lowest BCUT2D eigenvalue weighted by atomic mass is 10.0. The average Bonchev–Trinajstić information content (AvgIpc) is 3.08. The molecule has 130 valence electrons.